The van der Waals surface area contributed by atoms with Gasteiger partial charge in [-0.3, -0.25) is 9.59 Å². The van der Waals surface area contributed by atoms with Crippen molar-refractivity contribution in [3.8, 4) is 0 Å². The van der Waals surface area contributed by atoms with Gasteiger partial charge in [-0.05, 0) is 31.0 Å². The maximum atomic E-state index is 12.4. The molecule has 2 aliphatic rings. The molecule has 0 N–H and O–H groups in total. The van der Waals surface area contributed by atoms with E-state index in [9.17, 15) is 9.59 Å². The molecule has 2 amide bonds. The van der Waals surface area contributed by atoms with Crippen LogP contribution in [0.5, 0.6) is 0 Å². The zero-order valence-electron chi connectivity index (χ0n) is 13.6. The van der Waals surface area contributed by atoms with Crippen LogP contribution in [0.3, 0.4) is 0 Å². The Hall–Kier alpha value is -1.31. The van der Waals surface area contributed by atoms with Crippen LogP contribution in [0, 0.1) is 0 Å². The molecule has 25 heavy (non-hydrogen) atoms. The average molecular weight is 396 g/mol. The highest BCUT2D eigenvalue weighted by Gasteiger charge is 2.29. The molecule has 2 saturated heterocycles. The molecule has 0 spiro atoms. The fourth-order valence-electron chi connectivity index (χ4n) is 3.30. The maximum Gasteiger partial charge on any atom is 0.282 e. The van der Waals surface area contributed by atoms with E-state index in [4.69, 9.17) is 16.6 Å². The normalized spacial score (nSPS) is 19.2. The molecule has 0 radical (unpaired) electrons. The van der Waals surface area contributed by atoms with Gasteiger partial charge in [0.05, 0.1) is 15.2 Å². The fourth-order valence-corrected chi connectivity index (χ4v) is 5.41. The van der Waals surface area contributed by atoms with Crippen molar-refractivity contribution in [1.29, 1.82) is 0 Å². The molecule has 0 atom stereocenters. The zero-order chi connectivity index (χ0) is 17.4. The van der Waals surface area contributed by atoms with Gasteiger partial charge >= 0.3 is 0 Å². The molecule has 0 aliphatic carbocycles. The maximum absolute atomic E-state index is 12.4. The summed E-state index contributed by atoms with van der Waals surface area (Å²) in [5.74, 6) is 1.24. The lowest BCUT2D eigenvalue weighted by atomic mass is 9.97. The summed E-state index contributed by atoms with van der Waals surface area (Å²) in [5.41, 5.74) is 0.955. The number of thiazole rings is 1. The second kappa shape index (κ2) is 7.13. The molecule has 0 bridgehead atoms. The minimum absolute atomic E-state index is 0.0244. The van der Waals surface area contributed by atoms with E-state index in [0.717, 1.165) is 46.9 Å². The van der Waals surface area contributed by atoms with Crippen LogP contribution >= 0.6 is 34.7 Å². The standard InChI is InChI=1S/C17H18ClN3O2S2/c18-12-1-2-14-13(9-12)19-16(25-14)11-3-5-20(6-4-11)15(22)10-21-7-8-24-17(21)23/h1-2,9,11H,3-8,10H2. The van der Waals surface area contributed by atoms with Crippen molar-refractivity contribution in [3.63, 3.8) is 0 Å². The molecule has 2 aliphatic heterocycles. The number of hydrogen-bond donors (Lipinski definition) is 0. The molecule has 4 rings (SSSR count). The molecular weight excluding hydrogens is 378 g/mol. The van der Waals surface area contributed by atoms with E-state index in [0.29, 0.717) is 17.5 Å². The number of amides is 2. The summed E-state index contributed by atoms with van der Waals surface area (Å²) in [5, 5.41) is 1.87. The van der Waals surface area contributed by atoms with Crippen molar-refractivity contribution < 1.29 is 9.59 Å². The summed E-state index contributed by atoms with van der Waals surface area (Å²) < 4.78 is 1.16. The van der Waals surface area contributed by atoms with Gasteiger partial charge in [0.1, 0.15) is 6.54 Å². The minimum Gasteiger partial charge on any atom is -0.341 e. The van der Waals surface area contributed by atoms with Gasteiger partial charge in [0.25, 0.3) is 5.24 Å². The number of benzene rings is 1. The van der Waals surface area contributed by atoms with Crippen LogP contribution < -0.4 is 0 Å². The van der Waals surface area contributed by atoms with Crippen molar-refractivity contribution in [2.45, 2.75) is 18.8 Å². The summed E-state index contributed by atoms with van der Waals surface area (Å²) in [6.45, 7) is 2.36. The first-order valence-electron chi connectivity index (χ1n) is 8.35. The van der Waals surface area contributed by atoms with Crippen LogP contribution in [0.25, 0.3) is 10.2 Å². The molecule has 8 heteroatoms. The number of hydrogen-bond acceptors (Lipinski definition) is 5. The number of carbonyl (C=O) groups excluding carboxylic acids is 2. The number of nitrogens with zero attached hydrogens (tertiary/aromatic N) is 3. The van der Waals surface area contributed by atoms with E-state index in [1.54, 1.807) is 16.2 Å². The first-order valence-corrected chi connectivity index (χ1v) is 10.5. The monoisotopic (exact) mass is 395 g/mol. The number of likely N-dealkylation sites (tertiary alicyclic amines) is 1. The lowest BCUT2D eigenvalue weighted by Gasteiger charge is -2.32. The third-order valence-electron chi connectivity index (χ3n) is 4.73. The van der Waals surface area contributed by atoms with Crippen LogP contribution in [-0.4, -0.2) is 57.9 Å². The van der Waals surface area contributed by atoms with Gasteiger partial charge in [0.2, 0.25) is 5.91 Å². The molecule has 1 aromatic heterocycles. The van der Waals surface area contributed by atoms with Crippen molar-refractivity contribution in [1.82, 2.24) is 14.8 Å². The largest absolute Gasteiger partial charge is 0.341 e. The first-order chi connectivity index (χ1) is 12.1. The molecular formula is C17H18ClN3O2S2. The zero-order valence-corrected chi connectivity index (χ0v) is 16.0. The third-order valence-corrected chi connectivity index (χ3v) is 7.06. The number of rotatable bonds is 3. The fraction of sp³-hybridized carbons (Fsp3) is 0.471. The van der Waals surface area contributed by atoms with Crippen molar-refractivity contribution in [2.75, 3.05) is 31.9 Å². The van der Waals surface area contributed by atoms with Gasteiger partial charge < -0.3 is 9.80 Å². The number of carbonyl (C=O) groups is 2. The Labute approximate surface area is 159 Å². The predicted octanol–water partition coefficient (Wildman–Crippen LogP) is 3.82. The summed E-state index contributed by atoms with van der Waals surface area (Å²) in [6, 6.07) is 5.81. The van der Waals surface area contributed by atoms with E-state index in [1.165, 1.54) is 11.8 Å². The summed E-state index contributed by atoms with van der Waals surface area (Å²) in [6.07, 6.45) is 1.84. The SMILES string of the molecule is O=C(CN1CCSC1=O)N1CCC(c2nc3cc(Cl)ccc3s2)CC1. The van der Waals surface area contributed by atoms with E-state index < -0.39 is 0 Å². The molecule has 2 fully saturated rings. The Balaban J connectivity index is 1.37. The van der Waals surface area contributed by atoms with Gasteiger partial charge in [-0.25, -0.2) is 4.98 Å². The Morgan fingerprint density at radius 1 is 1.28 bits per heavy atom. The van der Waals surface area contributed by atoms with Crippen LogP contribution in [0.15, 0.2) is 18.2 Å². The molecule has 2 aromatic rings. The van der Waals surface area contributed by atoms with E-state index in [2.05, 4.69) is 0 Å². The molecule has 0 saturated carbocycles. The number of aromatic nitrogens is 1. The Kier molecular flexibility index (Phi) is 4.88. The lowest BCUT2D eigenvalue weighted by Crippen LogP contribution is -2.44. The third kappa shape index (κ3) is 3.64. The van der Waals surface area contributed by atoms with Gasteiger partial charge in [0.15, 0.2) is 0 Å². The molecule has 5 nitrogen and oxygen atoms in total. The smallest absolute Gasteiger partial charge is 0.282 e. The van der Waals surface area contributed by atoms with Gasteiger partial charge in [-0.2, -0.15) is 0 Å². The van der Waals surface area contributed by atoms with E-state index in [1.807, 2.05) is 23.1 Å². The second-order valence-corrected chi connectivity index (χ2v) is 8.90. The van der Waals surface area contributed by atoms with Gasteiger partial charge in [-0.15, -0.1) is 11.3 Å². The summed E-state index contributed by atoms with van der Waals surface area (Å²) in [4.78, 5) is 32.3. The van der Waals surface area contributed by atoms with Crippen LogP contribution in [0.2, 0.25) is 5.02 Å². The highest BCUT2D eigenvalue weighted by molar-refractivity contribution is 8.13. The van der Waals surface area contributed by atoms with Crippen LogP contribution in [0.4, 0.5) is 4.79 Å². The first kappa shape index (κ1) is 17.1. The molecule has 0 unspecified atom stereocenters. The van der Waals surface area contributed by atoms with Crippen LogP contribution in [0.1, 0.15) is 23.8 Å². The van der Waals surface area contributed by atoms with E-state index >= 15 is 0 Å². The van der Waals surface area contributed by atoms with Crippen molar-refractivity contribution in [2.24, 2.45) is 0 Å². The number of fused-ring (bicyclic) bond motifs is 1. The molecule has 3 heterocycles. The Morgan fingerprint density at radius 3 is 2.80 bits per heavy atom. The van der Waals surface area contributed by atoms with Crippen LogP contribution in [-0.2, 0) is 4.79 Å². The number of thioether (sulfide) groups is 1. The summed E-state index contributed by atoms with van der Waals surface area (Å²) in [7, 11) is 0. The summed E-state index contributed by atoms with van der Waals surface area (Å²) >= 11 is 9.05. The van der Waals surface area contributed by atoms with Gasteiger partial charge in [-0.1, -0.05) is 23.4 Å². The number of piperidine rings is 1. The highest BCUT2D eigenvalue weighted by Crippen LogP contribution is 2.34. The average Bonchev–Trinajstić information content (AvgIpc) is 3.21. The van der Waals surface area contributed by atoms with E-state index in [-0.39, 0.29) is 17.7 Å². The molecule has 1 aromatic carbocycles. The lowest BCUT2D eigenvalue weighted by molar-refractivity contribution is -0.132. The highest BCUT2D eigenvalue weighted by atomic mass is 35.5. The molecule has 132 valence electrons. The van der Waals surface area contributed by atoms with Crippen molar-refractivity contribution in [3.05, 3.63) is 28.2 Å². The topological polar surface area (TPSA) is 53.5 Å². The predicted molar refractivity (Wildman–Crippen MR) is 103 cm³/mol. The Morgan fingerprint density at radius 2 is 2.08 bits per heavy atom. The van der Waals surface area contributed by atoms with Crippen molar-refractivity contribution >= 4 is 56.1 Å². The van der Waals surface area contributed by atoms with Gasteiger partial charge in [0, 0.05) is 36.3 Å². The number of halogens is 1. The quantitative estimate of drug-likeness (QED) is 0.792. The second-order valence-electron chi connectivity index (χ2n) is 6.36. The Bertz CT molecular complexity index is 817. The minimum atomic E-state index is 0.0244.